The van der Waals surface area contributed by atoms with Crippen LogP contribution >= 0.6 is 11.6 Å². The highest BCUT2D eigenvalue weighted by atomic mass is 35.5. The Bertz CT molecular complexity index is 854. The summed E-state index contributed by atoms with van der Waals surface area (Å²) >= 11 is 6.14. The number of ether oxygens (including phenoxy) is 2. The lowest BCUT2D eigenvalue weighted by molar-refractivity contribution is -0.140. The van der Waals surface area contributed by atoms with Crippen molar-refractivity contribution < 1.29 is 29.3 Å². The summed E-state index contributed by atoms with van der Waals surface area (Å²) in [6, 6.07) is 16.5. The van der Waals surface area contributed by atoms with E-state index in [-0.39, 0.29) is 0 Å². The van der Waals surface area contributed by atoms with Crippen molar-refractivity contribution in [2.45, 2.75) is 23.2 Å². The minimum absolute atomic E-state index is 0.296. The van der Waals surface area contributed by atoms with Gasteiger partial charge in [-0.1, -0.05) is 42.5 Å². The molecule has 146 valence electrons. The lowest BCUT2D eigenvalue weighted by atomic mass is 9.84. The van der Waals surface area contributed by atoms with Gasteiger partial charge in [0.15, 0.2) is 0 Å². The van der Waals surface area contributed by atoms with Crippen LogP contribution in [0.2, 0.25) is 0 Å². The molecule has 7 heteroatoms. The number of carbonyl (C=O) groups is 2. The molecule has 1 aliphatic carbocycles. The number of halogens is 1. The average Bonchev–Trinajstić information content (AvgIpc) is 2.74. The highest BCUT2D eigenvalue weighted by molar-refractivity contribution is 6.22. The van der Waals surface area contributed by atoms with E-state index in [0.29, 0.717) is 11.1 Å². The molecule has 0 fully saturated rings. The number of benzene rings is 2. The number of hydrogen-bond donors (Lipinski definition) is 2. The molecule has 1 aliphatic rings. The number of carbonyl (C=O) groups excluding carboxylic acids is 2. The van der Waals surface area contributed by atoms with E-state index in [1.807, 2.05) is 0 Å². The van der Waals surface area contributed by atoms with Crippen LogP contribution in [0.1, 0.15) is 20.7 Å². The lowest BCUT2D eigenvalue weighted by Crippen LogP contribution is -2.60. The van der Waals surface area contributed by atoms with Gasteiger partial charge in [-0.15, -0.1) is 11.6 Å². The van der Waals surface area contributed by atoms with Gasteiger partial charge < -0.3 is 19.7 Å². The van der Waals surface area contributed by atoms with Crippen LogP contribution in [0.3, 0.4) is 0 Å². The summed E-state index contributed by atoms with van der Waals surface area (Å²) in [7, 11) is 0. The third-order valence-electron chi connectivity index (χ3n) is 4.47. The lowest BCUT2D eigenvalue weighted by Gasteiger charge is -2.40. The minimum atomic E-state index is -2.03. The van der Waals surface area contributed by atoms with E-state index in [9.17, 15) is 19.8 Å². The molecular weight excluding hydrogens is 384 g/mol. The number of rotatable bonds is 5. The molecule has 0 unspecified atom stereocenters. The van der Waals surface area contributed by atoms with Crippen LogP contribution in [0.4, 0.5) is 0 Å². The summed E-state index contributed by atoms with van der Waals surface area (Å²) in [5.41, 5.74) is -1.43. The zero-order chi connectivity index (χ0) is 20.1. The highest BCUT2D eigenvalue weighted by Crippen LogP contribution is 2.31. The molecule has 6 nitrogen and oxygen atoms in total. The van der Waals surface area contributed by atoms with Crippen molar-refractivity contribution in [2.24, 2.45) is 0 Å². The fourth-order valence-electron chi connectivity index (χ4n) is 2.80. The van der Waals surface area contributed by atoms with E-state index >= 15 is 0 Å². The van der Waals surface area contributed by atoms with E-state index in [2.05, 4.69) is 0 Å². The topological polar surface area (TPSA) is 93.1 Å². The Kier molecular flexibility index (Phi) is 6.14. The van der Waals surface area contributed by atoms with Crippen LogP contribution in [0.25, 0.3) is 0 Å². The monoisotopic (exact) mass is 402 g/mol. The van der Waals surface area contributed by atoms with Crippen molar-refractivity contribution in [3.05, 3.63) is 83.9 Å². The first-order valence-corrected chi connectivity index (χ1v) is 9.06. The molecule has 28 heavy (non-hydrogen) atoms. The van der Waals surface area contributed by atoms with E-state index in [1.54, 1.807) is 60.7 Å². The predicted octanol–water partition coefficient (Wildman–Crippen LogP) is 2.34. The standard InChI is InChI=1S/C21H19ClO6/c22-17-12-11-16(28-20(25)15-9-5-2-6-10-15)18(23)21(17,26)13-27-19(24)14-7-3-1-4-8-14/h1-12,16-18,23,26H,13H2/t16-,17-,18-,21-/m1/s1. The summed E-state index contributed by atoms with van der Waals surface area (Å²) in [6.45, 7) is -0.570. The summed E-state index contributed by atoms with van der Waals surface area (Å²) in [6.07, 6.45) is 0.0592. The van der Waals surface area contributed by atoms with E-state index < -0.39 is 41.7 Å². The second-order valence-corrected chi connectivity index (χ2v) is 6.87. The fraction of sp³-hybridized carbons (Fsp3) is 0.238. The van der Waals surface area contributed by atoms with Gasteiger partial charge in [-0.2, -0.15) is 0 Å². The number of alkyl halides is 1. The first-order chi connectivity index (χ1) is 13.4. The van der Waals surface area contributed by atoms with Gasteiger partial charge in [0, 0.05) is 0 Å². The van der Waals surface area contributed by atoms with Crippen LogP contribution in [-0.4, -0.2) is 51.9 Å². The SMILES string of the molecule is O=C(OC[C@@]1(O)[C@H](Cl)C=C[C@@H](OC(=O)c2ccccc2)[C@H]1O)c1ccccc1. The summed E-state index contributed by atoms with van der Waals surface area (Å²) < 4.78 is 10.4. The fourth-order valence-corrected chi connectivity index (χ4v) is 3.08. The molecule has 2 N–H and O–H groups in total. The first kappa shape index (κ1) is 20.1. The van der Waals surface area contributed by atoms with Gasteiger partial charge in [-0.3, -0.25) is 0 Å². The molecule has 0 aliphatic heterocycles. The Morgan fingerprint density at radius 1 is 0.929 bits per heavy atom. The largest absolute Gasteiger partial charge is 0.459 e. The van der Waals surface area contributed by atoms with Crippen molar-refractivity contribution in [3.8, 4) is 0 Å². The van der Waals surface area contributed by atoms with Crippen LogP contribution in [-0.2, 0) is 9.47 Å². The third-order valence-corrected chi connectivity index (χ3v) is 4.99. The Labute approximate surface area is 167 Å². The van der Waals surface area contributed by atoms with Crippen molar-refractivity contribution in [1.29, 1.82) is 0 Å². The molecule has 0 amide bonds. The molecule has 2 aromatic carbocycles. The molecule has 0 bridgehead atoms. The molecule has 0 saturated carbocycles. The maximum atomic E-state index is 12.2. The molecule has 0 aromatic heterocycles. The van der Waals surface area contributed by atoms with E-state index in [0.717, 1.165) is 0 Å². The van der Waals surface area contributed by atoms with Crippen LogP contribution in [0, 0.1) is 0 Å². The number of hydrogen-bond acceptors (Lipinski definition) is 6. The van der Waals surface area contributed by atoms with Crippen LogP contribution in [0.15, 0.2) is 72.8 Å². The molecular formula is C21H19ClO6. The van der Waals surface area contributed by atoms with Crippen molar-refractivity contribution in [3.63, 3.8) is 0 Å². The Morgan fingerprint density at radius 3 is 2.04 bits per heavy atom. The minimum Gasteiger partial charge on any atom is -0.459 e. The van der Waals surface area contributed by atoms with Gasteiger partial charge in [-0.25, -0.2) is 9.59 Å². The maximum Gasteiger partial charge on any atom is 0.338 e. The van der Waals surface area contributed by atoms with Crippen LogP contribution < -0.4 is 0 Å². The number of aliphatic hydroxyl groups is 2. The van der Waals surface area contributed by atoms with Crippen molar-refractivity contribution in [2.75, 3.05) is 6.61 Å². The first-order valence-electron chi connectivity index (χ1n) is 8.63. The maximum absolute atomic E-state index is 12.2. The van der Waals surface area contributed by atoms with E-state index in [4.69, 9.17) is 21.1 Å². The van der Waals surface area contributed by atoms with Gasteiger partial charge in [0.2, 0.25) is 0 Å². The molecule has 0 spiro atoms. The van der Waals surface area contributed by atoms with Gasteiger partial charge in [0.05, 0.1) is 16.5 Å². The quantitative estimate of drug-likeness (QED) is 0.453. The average molecular weight is 403 g/mol. The zero-order valence-corrected chi connectivity index (χ0v) is 15.5. The summed E-state index contributed by atoms with van der Waals surface area (Å²) in [5, 5.41) is 20.4. The number of aliphatic hydroxyl groups excluding tert-OH is 1. The highest BCUT2D eigenvalue weighted by Gasteiger charge is 2.50. The van der Waals surface area contributed by atoms with Crippen molar-refractivity contribution >= 4 is 23.5 Å². The van der Waals surface area contributed by atoms with E-state index in [1.165, 1.54) is 12.2 Å². The molecule has 0 saturated heterocycles. The Hall–Kier alpha value is -2.67. The second kappa shape index (κ2) is 8.56. The molecule has 2 aromatic rings. The summed E-state index contributed by atoms with van der Waals surface area (Å²) in [5.74, 6) is -1.33. The molecule has 0 heterocycles. The molecule has 4 atom stereocenters. The van der Waals surface area contributed by atoms with Crippen LogP contribution in [0.5, 0.6) is 0 Å². The third kappa shape index (κ3) is 4.25. The molecule has 0 radical (unpaired) electrons. The summed E-state index contributed by atoms with van der Waals surface area (Å²) in [4.78, 5) is 24.4. The van der Waals surface area contributed by atoms with Crippen molar-refractivity contribution in [1.82, 2.24) is 0 Å². The van der Waals surface area contributed by atoms with Gasteiger partial charge >= 0.3 is 11.9 Å². The smallest absolute Gasteiger partial charge is 0.338 e. The Balaban J connectivity index is 1.69. The predicted molar refractivity (Wildman–Crippen MR) is 102 cm³/mol. The normalized spacial score (nSPS) is 26.5. The van der Waals surface area contributed by atoms with Gasteiger partial charge in [0.1, 0.15) is 24.4 Å². The van der Waals surface area contributed by atoms with Gasteiger partial charge in [-0.05, 0) is 30.3 Å². The van der Waals surface area contributed by atoms with Gasteiger partial charge in [0.25, 0.3) is 0 Å². The Morgan fingerprint density at radius 2 is 1.46 bits per heavy atom. The second-order valence-electron chi connectivity index (χ2n) is 6.40. The number of esters is 2. The molecule has 3 rings (SSSR count). The zero-order valence-electron chi connectivity index (χ0n) is 14.8.